The molecule has 0 unspecified atom stereocenters. The number of nitrogens with zero attached hydrogens (tertiary/aromatic N) is 4. The van der Waals surface area contributed by atoms with Gasteiger partial charge in [0.15, 0.2) is 0 Å². The number of urea groups is 1. The smallest absolute Gasteiger partial charge is 0.322 e. The van der Waals surface area contributed by atoms with Gasteiger partial charge in [0.05, 0.1) is 11.8 Å². The summed E-state index contributed by atoms with van der Waals surface area (Å²) in [6.07, 6.45) is 9.49. The van der Waals surface area contributed by atoms with Crippen LogP contribution in [0.5, 0.6) is 0 Å². The SMILES string of the molecule is CS(=O)(=O)O.N#Cc1ccc(N[C@H]2CC[C@H](N(C(=O)NCc3ccccc3)c3ccc(-c4cccnc4)cc3)CC2)nc1. The molecule has 0 saturated heterocycles. The summed E-state index contributed by atoms with van der Waals surface area (Å²) in [6.45, 7) is 0.477. The van der Waals surface area contributed by atoms with E-state index in [4.69, 9.17) is 9.81 Å². The van der Waals surface area contributed by atoms with Gasteiger partial charge in [-0.2, -0.15) is 13.7 Å². The average molecular weight is 599 g/mol. The van der Waals surface area contributed by atoms with Gasteiger partial charge in [-0.05, 0) is 72.7 Å². The molecule has 1 fully saturated rings. The molecule has 1 aliphatic carbocycles. The molecule has 10 nitrogen and oxygen atoms in total. The van der Waals surface area contributed by atoms with E-state index in [2.05, 4.69) is 26.7 Å². The Morgan fingerprint density at radius 2 is 1.65 bits per heavy atom. The molecule has 1 aliphatic rings. The van der Waals surface area contributed by atoms with Crippen molar-refractivity contribution in [3.05, 3.63) is 109 Å². The van der Waals surface area contributed by atoms with Crippen molar-refractivity contribution in [2.45, 2.75) is 44.3 Å². The van der Waals surface area contributed by atoms with Crippen molar-refractivity contribution in [2.24, 2.45) is 0 Å². The zero-order valence-corrected chi connectivity index (χ0v) is 24.6. The van der Waals surface area contributed by atoms with Gasteiger partial charge in [-0.3, -0.25) is 14.4 Å². The minimum Gasteiger partial charge on any atom is -0.367 e. The number of aromatic nitrogens is 2. The number of carbonyl (C=O) groups excluding carboxylic acids is 1. The molecule has 0 radical (unpaired) electrons. The summed E-state index contributed by atoms with van der Waals surface area (Å²) in [4.78, 5) is 24.0. The topological polar surface area (TPSA) is 148 Å². The van der Waals surface area contributed by atoms with Crippen molar-refractivity contribution in [3.63, 3.8) is 0 Å². The summed E-state index contributed by atoms with van der Waals surface area (Å²) in [5.74, 6) is 0.774. The fraction of sp³-hybridized carbons (Fsp3) is 0.250. The van der Waals surface area contributed by atoms with Crippen molar-refractivity contribution < 1.29 is 17.8 Å². The van der Waals surface area contributed by atoms with E-state index in [0.29, 0.717) is 18.4 Å². The fourth-order valence-electron chi connectivity index (χ4n) is 4.93. The molecule has 5 rings (SSSR count). The number of anilines is 2. The Kier molecular flexibility index (Phi) is 10.8. The molecule has 0 spiro atoms. The highest BCUT2D eigenvalue weighted by molar-refractivity contribution is 7.85. The van der Waals surface area contributed by atoms with Crippen LogP contribution in [0.15, 0.2) is 97.5 Å². The van der Waals surface area contributed by atoms with Crippen molar-refractivity contribution in [1.29, 1.82) is 5.26 Å². The molecule has 0 atom stereocenters. The first-order valence-electron chi connectivity index (χ1n) is 13.9. The number of pyridine rings is 2. The number of hydrogen-bond donors (Lipinski definition) is 3. The second-order valence-corrected chi connectivity index (χ2v) is 11.7. The van der Waals surface area contributed by atoms with Crippen molar-refractivity contribution in [3.8, 4) is 17.2 Å². The Labute approximate surface area is 252 Å². The first-order valence-corrected chi connectivity index (χ1v) is 15.7. The molecule has 43 heavy (non-hydrogen) atoms. The minimum absolute atomic E-state index is 0.0852. The fourth-order valence-corrected chi connectivity index (χ4v) is 4.93. The third-order valence-electron chi connectivity index (χ3n) is 6.95. The van der Waals surface area contributed by atoms with Gasteiger partial charge in [-0.15, -0.1) is 0 Å². The normalized spacial score (nSPS) is 16.1. The molecular weight excluding hydrogens is 564 g/mol. The zero-order chi connectivity index (χ0) is 30.7. The molecule has 0 bridgehead atoms. The van der Waals surface area contributed by atoms with Crippen LogP contribution < -0.4 is 15.5 Å². The van der Waals surface area contributed by atoms with Crippen LogP contribution in [0.3, 0.4) is 0 Å². The van der Waals surface area contributed by atoms with Crippen LogP contribution in [0, 0.1) is 11.3 Å². The number of amides is 2. The first kappa shape index (κ1) is 31.2. The maximum Gasteiger partial charge on any atom is 0.322 e. The predicted molar refractivity (Wildman–Crippen MR) is 167 cm³/mol. The van der Waals surface area contributed by atoms with Crippen LogP contribution in [0.2, 0.25) is 0 Å². The molecule has 11 heteroatoms. The quantitative estimate of drug-likeness (QED) is 0.231. The predicted octanol–water partition coefficient (Wildman–Crippen LogP) is 5.66. The van der Waals surface area contributed by atoms with Crippen LogP contribution in [-0.2, 0) is 16.7 Å². The van der Waals surface area contributed by atoms with E-state index < -0.39 is 10.1 Å². The average Bonchev–Trinajstić information content (AvgIpc) is 3.02. The number of nitriles is 1. The van der Waals surface area contributed by atoms with E-state index in [-0.39, 0.29) is 18.1 Å². The van der Waals surface area contributed by atoms with Crippen molar-refractivity contribution in [1.82, 2.24) is 15.3 Å². The maximum atomic E-state index is 13.6. The second-order valence-electron chi connectivity index (χ2n) is 10.2. The molecule has 2 amide bonds. The summed E-state index contributed by atoms with van der Waals surface area (Å²) in [5, 5.41) is 15.6. The van der Waals surface area contributed by atoms with Crippen LogP contribution in [0.1, 0.15) is 36.8 Å². The van der Waals surface area contributed by atoms with Crippen LogP contribution in [-0.4, -0.2) is 47.3 Å². The van der Waals surface area contributed by atoms with Gasteiger partial charge in [0.25, 0.3) is 10.1 Å². The molecule has 2 aromatic heterocycles. The summed E-state index contributed by atoms with van der Waals surface area (Å²) in [5.41, 5.74) is 4.60. The summed E-state index contributed by atoms with van der Waals surface area (Å²) >= 11 is 0. The lowest BCUT2D eigenvalue weighted by molar-refractivity contribution is 0.240. The Morgan fingerprint density at radius 3 is 2.23 bits per heavy atom. The Balaban J connectivity index is 0.000000782. The number of carbonyl (C=O) groups is 1. The number of benzene rings is 2. The molecule has 0 aliphatic heterocycles. The highest BCUT2D eigenvalue weighted by Crippen LogP contribution is 2.31. The minimum atomic E-state index is -3.67. The third kappa shape index (κ3) is 9.92. The zero-order valence-electron chi connectivity index (χ0n) is 23.8. The van der Waals surface area contributed by atoms with Gasteiger partial charge < -0.3 is 10.6 Å². The Bertz CT molecular complexity index is 1590. The van der Waals surface area contributed by atoms with Crippen LogP contribution in [0.4, 0.5) is 16.3 Å². The summed E-state index contributed by atoms with van der Waals surface area (Å²) < 4.78 is 25.9. The number of nitrogens with one attached hydrogen (secondary N) is 2. The van der Waals surface area contributed by atoms with E-state index in [1.54, 1.807) is 18.5 Å². The lowest BCUT2D eigenvalue weighted by Gasteiger charge is -2.37. The van der Waals surface area contributed by atoms with Gasteiger partial charge in [0.2, 0.25) is 0 Å². The van der Waals surface area contributed by atoms with Gasteiger partial charge in [-0.1, -0.05) is 48.5 Å². The molecule has 222 valence electrons. The molecule has 2 heterocycles. The largest absolute Gasteiger partial charge is 0.367 e. The Morgan fingerprint density at radius 1 is 0.953 bits per heavy atom. The van der Waals surface area contributed by atoms with Crippen molar-refractivity contribution in [2.75, 3.05) is 16.5 Å². The van der Waals surface area contributed by atoms with Crippen LogP contribution in [0.25, 0.3) is 11.1 Å². The molecule has 1 saturated carbocycles. The highest BCUT2D eigenvalue weighted by Gasteiger charge is 2.30. The van der Waals surface area contributed by atoms with Gasteiger partial charge in [-0.25, -0.2) is 9.78 Å². The highest BCUT2D eigenvalue weighted by atomic mass is 32.2. The molecular formula is C32H34N6O4S. The molecule has 3 N–H and O–H groups in total. The van der Waals surface area contributed by atoms with Gasteiger partial charge >= 0.3 is 6.03 Å². The van der Waals surface area contributed by atoms with Gasteiger partial charge in [0.1, 0.15) is 11.9 Å². The van der Waals surface area contributed by atoms with E-state index in [0.717, 1.165) is 53.9 Å². The molecule has 4 aromatic rings. The number of hydrogen-bond acceptors (Lipinski definition) is 7. The molecule has 2 aromatic carbocycles. The van der Waals surface area contributed by atoms with Crippen LogP contribution >= 0.6 is 0 Å². The van der Waals surface area contributed by atoms with E-state index >= 15 is 0 Å². The second kappa shape index (κ2) is 14.9. The summed E-state index contributed by atoms with van der Waals surface area (Å²) in [7, 11) is -3.67. The standard InChI is InChI=1S/C31H30N6O.CH4O3S/c32-19-24-8-17-30(34-21-24)36-27-11-15-29(16-12-27)37(31(38)35-20-23-5-2-1-3-6-23)28-13-9-25(10-14-28)26-7-4-18-33-22-26;1-5(2,3)4/h1-10,13-14,17-18,21-22,27,29H,11-12,15-16,20H2,(H,34,36)(H,35,38);1H3,(H,2,3,4)/t27-,29-;. The van der Waals surface area contributed by atoms with E-state index in [1.807, 2.05) is 83.9 Å². The van der Waals surface area contributed by atoms with E-state index in [9.17, 15) is 13.2 Å². The lowest BCUT2D eigenvalue weighted by Crippen LogP contribution is -2.48. The maximum absolute atomic E-state index is 13.6. The lowest BCUT2D eigenvalue weighted by atomic mass is 9.89. The summed E-state index contributed by atoms with van der Waals surface area (Å²) in [6, 6.07) is 28.0. The third-order valence-corrected chi connectivity index (χ3v) is 6.95. The van der Waals surface area contributed by atoms with E-state index in [1.165, 1.54) is 0 Å². The van der Waals surface area contributed by atoms with Gasteiger partial charge in [0, 0.05) is 42.9 Å². The number of rotatable bonds is 7. The van der Waals surface area contributed by atoms with Crippen molar-refractivity contribution >= 4 is 27.7 Å². The monoisotopic (exact) mass is 598 g/mol. The first-order chi connectivity index (χ1) is 20.7. The Hall–Kier alpha value is -4.79.